The molecule has 6 nitrogen and oxygen atoms in total. The number of methoxy groups -OCH3 is 1. The topological polar surface area (TPSA) is 75.7 Å². The highest BCUT2D eigenvalue weighted by molar-refractivity contribution is 7.92. The van der Waals surface area contributed by atoms with Gasteiger partial charge in [-0.05, 0) is 61.0 Å². The summed E-state index contributed by atoms with van der Waals surface area (Å²) in [5.41, 5.74) is 1.67. The van der Waals surface area contributed by atoms with E-state index in [0.717, 1.165) is 5.56 Å². The third-order valence-corrected chi connectivity index (χ3v) is 6.65. The molecule has 0 aromatic heterocycles. The molecule has 0 radical (unpaired) electrons. The largest absolute Gasteiger partial charge is 0.495 e. The average molecular weight is 459 g/mol. The zero-order valence-corrected chi connectivity index (χ0v) is 18.9. The lowest BCUT2D eigenvalue weighted by Crippen LogP contribution is -2.29. The van der Waals surface area contributed by atoms with Gasteiger partial charge in [-0.25, -0.2) is 8.42 Å². The third kappa shape index (κ3) is 5.18. The maximum Gasteiger partial charge on any atom is 0.262 e. The van der Waals surface area contributed by atoms with Crippen LogP contribution in [0.2, 0.25) is 5.02 Å². The summed E-state index contributed by atoms with van der Waals surface area (Å²) in [7, 11) is -0.668. The van der Waals surface area contributed by atoms with Crippen LogP contribution < -0.4 is 9.46 Å². The number of para-hydroxylation sites is 2. The number of anilines is 1. The molecule has 0 aliphatic rings. The van der Waals surface area contributed by atoms with Gasteiger partial charge in [0, 0.05) is 17.6 Å². The van der Waals surface area contributed by atoms with Gasteiger partial charge in [-0.3, -0.25) is 9.52 Å². The van der Waals surface area contributed by atoms with Crippen molar-refractivity contribution < 1.29 is 17.9 Å². The summed E-state index contributed by atoms with van der Waals surface area (Å²) in [5.74, 6) is 0.194. The summed E-state index contributed by atoms with van der Waals surface area (Å²) in [6.07, 6.45) is 0. The SMILES string of the molecule is COc1ccccc1NS(=O)(=O)c1ccc(C(=O)N(C)C(C)c2ccc(Cl)cc2)cc1. The molecule has 0 heterocycles. The first kappa shape index (κ1) is 22.7. The predicted molar refractivity (Wildman–Crippen MR) is 122 cm³/mol. The Morgan fingerprint density at radius 2 is 1.61 bits per heavy atom. The van der Waals surface area contributed by atoms with Gasteiger partial charge in [-0.15, -0.1) is 0 Å². The number of carbonyl (C=O) groups excluding carboxylic acids is 1. The molecule has 0 aliphatic heterocycles. The zero-order chi connectivity index (χ0) is 22.6. The second-order valence-corrected chi connectivity index (χ2v) is 9.09. The Morgan fingerprint density at radius 3 is 2.23 bits per heavy atom. The molecule has 0 aliphatic carbocycles. The molecule has 1 amide bonds. The smallest absolute Gasteiger partial charge is 0.262 e. The number of hydrogen-bond donors (Lipinski definition) is 1. The number of benzene rings is 3. The summed E-state index contributed by atoms with van der Waals surface area (Å²) >= 11 is 5.93. The van der Waals surface area contributed by atoms with Crippen molar-refractivity contribution in [2.45, 2.75) is 17.9 Å². The van der Waals surface area contributed by atoms with Gasteiger partial charge in [0.2, 0.25) is 0 Å². The van der Waals surface area contributed by atoms with E-state index in [2.05, 4.69) is 4.72 Å². The number of amides is 1. The van der Waals surface area contributed by atoms with Gasteiger partial charge in [0.15, 0.2) is 0 Å². The number of carbonyl (C=O) groups is 1. The first-order chi connectivity index (χ1) is 14.7. The highest BCUT2D eigenvalue weighted by Crippen LogP contribution is 2.27. The molecule has 0 bridgehead atoms. The lowest BCUT2D eigenvalue weighted by molar-refractivity contribution is 0.0742. The van der Waals surface area contributed by atoms with E-state index < -0.39 is 10.0 Å². The number of rotatable bonds is 7. The Labute approximate surface area is 187 Å². The van der Waals surface area contributed by atoms with E-state index in [9.17, 15) is 13.2 Å². The van der Waals surface area contributed by atoms with Gasteiger partial charge in [-0.1, -0.05) is 35.9 Å². The van der Waals surface area contributed by atoms with Crippen LogP contribution in [0.15, 0.2) is 77.7 Å². The molecule has 1 N–H and O–H groups in total. The van der Waals surface area contributed by atoms with Crippen LogP contribution >= 0.6 is 11.6 Å². The van der Waals surface area contributed by atoms with E-state index >= 15 is 0 Å². The molecule has 162 valence electrons. The van der Waals surface area contributed by atoms with E-state index in [0.29, 0.717) is 22.0 Å². The fraction of sp³-hybridized carbons (Fsp3) is 0.174. The van der Waals surface area contributed by atoms with Crippen LogP contribution in [0.25, 0.3) is 0 Å². The Balaban J connectivity index is 1.77. The minimum Gasteiger partial charge on any atom is -0.495 e. The van der Waals surface area contributed by atoms with Crippen molar-refractivity contribution in [1.82, 2.24) is 4.90 Å². The van der Waals surface area contributed by atoms with Crippen molar-refractivity contribution in [1.29, 1.82) is 0 Å². The minimum atomic E-state index is -3.84. The number of halogens is 1. The lowest BCUT2D eigenvalue weighted by Gasteiger charge is -2.25. The number of ether oxygens (including phenoxy) is 1. The molecule has 8 heteroatoms. The van der Waals surface area contributed by atoms with Gasteiger partial charge < -0.3 is 9.64 Å². The fourth-order valence-electron chi connectivity index (χ4n) is 3.05. The molecule has 0 saturated heterocycles. The Morgan fingerprint density at radius 1 is 1.00 bits per heavy atom. The van der Waals surface area contributed by atoms with Gasteiger partial charge in [0.25, 0.3) is 15.9 Å². The van der Waals surface area contributed by atoms with Crippen molar-refractivity contribution in [2.75, 3.05) is 18.9 Å². The highest BCUT2D eigenvalue weighted by Gasteiger charge is 2.21. The monoisotopic (exact) mass is 458 g/mol. The summed E-state index contributed by atoms with van der Waals surface area (Å²) < 4.78 is 33.2. The summed E-state index contributed by atoms with van der Waals surface area (Å²) in [5, 5.41) is 0.628. The Hall–Kier alpha value is -3.03. The van der Waals surface area contributed by atoms with Crippen LogP contribution in [0.3, 0.4) is 0 Å². The predicted octanol–water partition coefficient (Wildman–Crippen LogP) is 4.98. The molecule has 0 spiro atoms. The number of nitrogens with zero attached hydrogens (tertiary/aromatic N) is 1. The molecule has 1 atom stereocenters. The van der Waals surface area contributed by atoms with E-state index in [4.69, 9.17) is 16.3 Å². The molecule has 3 aromatic rings. The average Bonchev–Trinajstić information content (AvgIpc) is 2.78. The minimum absolute atomic E-state index is 0.0448. The van der Waals surface area contributed by atoms with E-state index in [1.807, 2.05) is 19.1 Å². The molecule has 1 unspecified atom stereocenters. The van der Waals surface area contributed by atoms with Crippen molar-refractivity contribution >= 4 is 33.2 Å². The van der Waals surface area contributed by atoms with Gasteiger partial charge in [0.05, 0.1) is 23.7 Å². The molecule has 0 saturated carbocycles. The van der Waals surface area contributed by atoms with Crippen molar-refractivity contribution in [3.05, 3.63) is 88.9 Å². The van der Waals surface area contributed by atoms with Gasteiger partial charge in [0.1, 0.15) is 5.75 Å². The van der Waals surface area contributed by atoms with Crippen LogP contribution in [0.4, 0.5) is 5.69 Å². The first-order valence-electron chi connectivity index (χ1n) is 9.51. The highest BCUT2D eigenvalue weighted by atomic mass is 35.5. The number of nitrogens with one attached hydrogen (secondary N) is 1. The summed E-state index contributed by atoms with van der Waals surface area (Å²) in [4.78, 5) is 14.5. The summed E-state index contributed by atoms with van der Waals surface area (Å²) in [6.45, 7) is 1.91. The lowest BCUT2D eigenvalue weighted by atomic mass is 10.1. The standard InChI is InChI=1S/C23H23ClN2O4S/c1-16(17-8-12-19(24)13-9-17)26(2)23(27)18-10-14-20(15-11-18)31(28,29)25-21-6-4-5-7-22(21)30-3/h4-16,25H,1-3H3. The van der Waals surface area contributed by atoms with Crippen LogP contribution in [-0.4, -0.2) is 33.4 Å². The van der Waals surface area contributed by atoms with Gasteiger partial charge >= 0.3 is 0 Å². The fourth-order valence-corrected chi connectivity index (χ4v) is 4.25. The van der Waals surface area contributed by atoms with Crippen LogP contribution in [0.5, 0.6) is 5.75 Å². The van der Waals surface area contributed by atoms with E-state index in [-0.39, 0.29) is 16.8 Å². The molecule has 0 fully saturated rings. The molecule has 31 heavy (non-hydrogen) atoms. The van der Waals surface area contributed by atoms with E-state index in [1.54, 1.807) is 48.3 Å². The van der Waals surface area contributed by atoms with Gasteiger partial charge in [-0.2, -0.15) is 0 Å². The Kier molecular flexibility index (Phi) is 6.87. The Bertz CT molecular complexity index is 1160. The van der Waals surface area contributed by atoms with Crippen molar-refractivity contribution in [3.8, 4) is 5.75 Å². The normalized spacial score (nSPS) is 12.1. The molecule has 3 aromatic carbocycles. The number of sulfonamides is 1. The quantitative estimate of drug-likeness (QED) is 0.541. The van der Waals surface area contributed by atoms with Crippen molar-refractivity contribution in [2.24, 2.45) is 0 Å². The second-order valence-electron chi connectivity index (χ2n) is 6.97. The maximum absolute atomic E-state index is 12.9. The first-order valence-corrected chi connectivity index (χ1v) is 11.4. The number of hydrogen-bond acceptors (Lipinski definition) is 4. The molecule has 3 rings (SSSR count). The van der Waals surface area contributed by atoms with Crippen molar-refractivity contribution in [3.63, 3.8) is 0 Å². The summed E-state index contributed by atoms with van der Waals surface area (Å²) in [6, 6.07) is 19.7. The molecular weight excluding hydrogens is 436 g/mol. The van der Waals surface area contributed by atoms with Crippen LogP contribution in [0.1, 0.15) is 28.9 Å². The van der Waals surface area contributed by atoms with E-state index in [1.165, 1.54) is 31.4 Å². The van der Waals surface area contributed by atoms with Crippen LogP contribution in [0, 0.1) is 0 Å². The zero-order valence-electron chi connectivity index (χ0n) is 17.4. The van der Waals surface area contributed by atoms with Crippen LogP contribution in [-0.2, 0) is 10.0 Å². The second kappa shape index (κ2) is 9.41. The molecular formula is C23H23ClN2O4S. The maximum atomic E-state index is 12.9. The third-order valence-electron chi connectivity index (χ3n) is 5.02.